The van der Waals surface area contributed by atoms with Crippen LogP contribution in [0.5, 0.6) is 0 Å². The van der Waals surface area contributed by atoms with E-state index < -0.39 is 12.3 Å². The zero-order valence-electron chi connectivity index (χ0n) is 7.67. The number of carbonyl (C=O) groups is 1. The van der Waals surface area contributed by atoms with Crippen LogP contribution in [0.2, 0.25) is 0 Å². The average molecular weight is 203 g/mol. The third-order valence-electron chi connectivity index (χ3n) is 1.67. The lowest BCUT2D eigenvalue weighted by molar-refractivity contribution is -0.132. The van der Waals surface area contributed by atoms with Crippen molar-refractivity contribution >= 4 is 5.91 Å². The number of nitrogens with one attached hydrogen (secondary N) is 1. The molecule has 1 atom stereocenters. The van der Waals surface area contributed by atoms with Gasteiger partial charge >= 0.3 is 6.43 Å². The molecular weight excluding hydrogens is 192 g/mol. The number of hydrogen-bond acceptors (Lipinski definition) is 2. The summed E-state index contributed by atoms with van der Waals surface area (Å²) in [5, 5.41) is 2.17. The van der Waals surface area contributed by atoms with Gasteiger partial charge in [-0.15, -0.1) is 0 Å². The lowest BCUT2D eigenvalue weighted by Gasteiger charge is -2.11. The number of hydrogen-bond donors (Lipinski definition) is 1. The van der Waals surface area contributed by atoms with Crippen molar-refractivity contribution in [2.75, 3.05) is 0 Å². The summed E-state index contributed by atoms with van der Waals surface area (Å²) < 4.78 is 28.7. The molecule has 0 aliphatic carbocycles. The van der Waals surface area contributed by atoms with E-state index in [2.05, 4.69) is 5.32 Å². The number of rotatable bonds is 4. The van der Waals surface area contributed by atoms with Crippen LogP contribution in [0.4, 0.5) is 8.78 Å². The highest BCUT2D eigenvalue weighted by Crippen LogP contribution is 2.04. The van der Waals surface area contributed by atoms with Crippen molar-refractivity contribution in [2.45, 2.75) is 25.8 Å². The predicted molar refractivity (Wildman–Crippen MR) is 46.0 cm³/mol. The Morgan fingerprint density at radius 3 is 2.86 bits per heavy atom. The summed E-state index contributed by atoms with van der Waals surface area (Å²) in [7, 11) is 0. The van der Waals surface area contributed by atoms with Crippen LogP contribution in [0.1, 0.15) is 12.7 Å². The van der Waals surface area contributed by atoms with Gasteiger partial charge in [-0.2, -0.15) is 8.78 Å². The predicted octanol–water partition coefficient (Wildman–Crippen LogP) is 1.59. The maximum absolute atomic E-state index is 11.8. The smallest absolute Gasteiger partial charge is 0.315 e. The molecule has 0 saturated heterocycles. The first-order chi connectivity index (χ1) is 6.59. The van der Waals surface area contributed by atoms with Crippen molar-refractivity contribution < 1.29 is 18.0 Å². The minimum atomic E-state index is -2.96. The molecule has 0 saturated carbocycles. The van der Waals surface area contributed by atoms with Crippen LogP contribution < -0.4 is 5.32 Å². The third kappa shape index (κ3) is 3.16. The van der Waals surface area contributed by atoms with Gasteiger partial charge in [0.1, 0.15) is 5.76 Å². The summed E-state index contributed by atoms with van der Waals surface area (Å²) in [6.45, 7) is 1.64. The van der Waals surface area contributed by atoms with Crippen LogP contribution in [0.15, 0.2) is 22.8 Å². The number of alkyl halides is 2. The Morgan fingerprint density at radius 1 is 1.64 bits per heavy atom. The fraction of sp³-hybridized carbons (Fsp3) is 0.444. The van der Waals surface area contributed by atoms with E-state index in [9.17, 15) is 13.6 Å². The minimum Gasteiger partial charge on any atom is -0.469 e. The molecule has 14 heavy (non-hydrogen) atoms. The SMILES string of the molecule is CC(Cc1ccco1)NC(=O)C(F)F. The first-order valence-electron chi connectivity index (χ1n) is 4.20. The maximum atomic E-state index is 11.8. The van der Waals surface area contributed by atoms with Gasteiger partial charge in [0.05, 0.1) is 6.26 Å². The largest absolute Gasteiger partial charge is 0.469 e. The highest BCUT2D eigenvalue weighted by Gasteiger charge is 2.17. The molecule has 0 aromatic carbocycles. The summed E-state index contributed by atoms with van der Waals surface area (Å²) in [6, 6.07) is 3.07. The fourth-order valence-electron chi connectivity index (χ4n) is 1.09. The van der Waals surface area contributed by atoms with Gasteiger partial charge < -0.3 is 9.73 Å². The molecule has 0 aliphatic heterocycles. The first kappa shape index (κ1) is 10.7. The molecule has 1 aromatic heterocycles. The molecule has 0 bridgehead atoms. The van der Waals surface area contributed by atoms with Gasteiger partial charge in [-0.3, -0.25) is 4.79 Å². The molecule has 0 fully saturated rings. The van der Waals surface area contributed by atoms with Gasteiger partial charge in [-0.05, 0) is 19.1 Å². The van der Waals surface area contributed by atoms with Crippen LogP contribution in [-0.2, 0) is 11.2 Å². The molecule has 0 aliphatic rings. The first-order valence-corrected chi connectivity index (χ1v) is 4.20. The highest BCUT2D eigenvalue weighted by molar-refractivity contribution is 5.79. The Morgan fingerprint density at radius 2 is 2.36 bits per heavy atom. The van der Waals surface area contributed by atoms with Crippen molar-refractivity contribution in [3.8, 4) is 0 Å². The zero-order valence-corrected chi connectivity index (χ0v) is 7.67. The second-order valence-corrected chi connectivity index (χ2v) is 2.99. The fourth-order valence-corrected chi connectivity index (χ4v) is 1.09. The van der Waals surface area contributed by atoms with Crippen molar-refractivity contribution in [1.29, 1.82) is 0 Å². The van der Waals surface area contributed by atoms with E-state index in [0.717, 1.165) is 0 Å². The van der Waals surface area contributed by atoms with E-state index in [-0.39, 0.29) is 6.04 Å². The van der Waals surface area contributed by atoms with Crippen LogP contribution in [0.25, 0.3) is 0 Å². The Kier molecular flexibility index (Phi) is 3.62. The third-order valence-corrected chi connectivity index (χ3v) is 1.67. The van der Waals surface area contributed by atoms with Gasteiger partial charge in [-0.1, -0.05) is 0 Å². The standard InChI is InChI=1S/C9H11F2NO2/c1-6(12-9(13)8(10)11)5-7-3-2-4-14-7/h2-4,6,8H,5H2,1H3,(H,12,13). The van der Waals surface area contributed by atoms with E-state index in [0.29, 0.717) is 12.2 Å². The molecule has 0 spiro atoms. The van der Waals surface area contributed by atoms with E-state index >= 15 is 0 Å². The number of halogens is 2. The topological polar surface area (TPSA) is 42.2 Å². The highest BCUT2D eigenvalue weighted by atomic mass is 19.3. The monoisotopic (exact) mass is 203 g/mol. The quantitative estimate of drug-likeness (QED) is 0.807. The summed E-state index contributed by atoms with van der Waals surface area (Å²) in [5.74, 6) is -0.587. The van der Waals surface area contributed by atoms with Crippen LogP contribution in [0, 0.1) is 0 Å². The van der Waals surface area contributed by atoms with Crippen LogP contribution >= 0.6 is 0 Å². The number of carbonyl (C=O) groups excluding carboxylic acids is 1. The molecular formula is C9H11F2NO2. The Labute approximate surface area is 80.1 Å². The summed E-state index contributed by atoms with van der Waals surface area (Å²) >= 11 is 0. The Hall–Kier alpha value is -1.39. The molecule has 1 amide bonds. The van der Waals surface area contributed by atoms with Gasteiger partial charge in [0.15, 0.2) is 0 Å². The number of furan rings is 1. The molecule has 1 heterocycles. The Balaban J connectivity index is 2.36. The van der Waals surface area contributed by atoms with E-state index in [1.807, 2.05) is 0 Å². The van der Waals surface area contributed by atoms with E-state index in [1.165, 1.54) is 6.26 Å². The maximum Gasteiger partial charge on any atom is 0.315 e. The molecule has 3 nitrogen and oxygen atoms in total. The average Bonchev–Trinajstić information content (AvgIpc) is 2.56. The Bertz CT molecular complexity index is 285. The summed E-state index contributed by atoms with van der Waals surface area (Å²) in [5.41, 5.74) is 0. The number of amides is 1. The zero-order chi connectivity index (χ0) is 10.6. The van der Waals surface area contributed by atoms with Gasteiger partial charge in [0, 0.05) is 12.5 Å². The molecule has 5 heteroatoms. The lowest BCUT2D eigenvalue weighted by Crippen LogP contribution is -2.37. The second-order valence-electron chi connectivity index (χ2n) is 2.99. The van der Waals surface area contributed by atoms with Crippen molar-refractivity contribution in [2.24, 2.45) is 0 Å². The molecule has 78 valence electrons. The molecule has 0 radical (unpaired) electrons. The van der Waals surface area contributed by atoms with Gasteiger partial charge in [0.2, 0.25) is 0 Å². The van der Waals surface area contributed by atoms with Crippen LogP contribution in [0.3, 0.4) is 0 Å². The minimum absolute atomic E-state index is 0.359. The van der Waals surface area contributed by atoms with Gasteiger partial charge in [-0.25, -0.2) is 0 Å². The molecule has 1 unspecified atom stereocenters. The molecule has 1 N–H and O–H groups in total. The normalized spacial score (nSPS) is 12.9. The van der Waals surface area contributed by atoms with Gasteiger partial charge in [0.25, 0.3) is 5.91 Å². The van der Waals surface area contributed by atoms with Crippen molar-refractivity contribution in [3.05, 3.63) is 24.2 Å². The summed E-state index contributed by atoms with van der Waals surface area (Å²) in [4.78, 5) is 10.6. The van der Waals surface area contributed by atoms with Crippen molar-refractivity contribution in [1.82, 2.24) is 5.32 Å². The second kappa shape index (κ2) is 4.74. The van der Waals surface area contributed by atoms with Crippen LogP contribution in [-0.4, -0.2) is 18.4 Å². The lowest BCUT2D eigenvalue weighted by atomic mass is 10.2. The van der Waals surface area contributed by atoms with Crippen molar-refractivity contribution in [3.63, 3.8) is 0 Å². The molecule has 1 rings (SSSR count). The van der Waals surface area contributed by atoms with E-state index in [4.69, 9.17) is 4.42 Å². The van der Waals surface area contributed by atoms with E-state index in [1.54, 1.807) is 19.1 Å². The molecule has 1 aromatic rings. The summed E-state index contributed by atoms with van der Waals surface area (Å²) in [6.07, 6.45) is -1.06.